The number of rotatable bonds is 7. The molecule has 0 atom stereocenters. The van der Waals surface area contributed by atoms with Crippen LogP contribution < -0.4 is 26.2 Å². The summed E-state index contributed by atoms with van der Waals surface area (Å²) in [4.78, 5) is 9.02. The molecule has 3 aromatic rings. The van der Waals surface area contributed by atoms with Gasteiger partial charge in [-0.15, -0.1) is 0 Å². The molecule has 0 bridgehead atoms. The van der Waals surface area contributed by atoms with Crippen molar-refractivity contribution >= 4 is 47.3 Å². The van der Waals surface area contributed by atoms with Gasteiger partial charge in [-0.3, -0.25) is 0 Å². The largest absolute Gasteiger partial charge is 0.493 e. The normalized spacial score (nSPS) is 15.8. The van der Waals surface area contributed by atoms with Crippen LogP contribution in [0.1, 0.15) is 49.3 Å². The highest BCUT2D eigenvalue weighted by Crippen LogP contribution is 2.37. The third kappa shape index (κ3) is 5.29. The van der Waals surface area contributed by atoms with Crippen LogP contribution in [0.5, 0.6) is 5.75 Å². The molecule has 2 aromatic carbocycles. The topological polar surface area (TPSA) is 101 Å². The van der Waals surface area contributed by atoms with Crippen LogP contribution in [0.4, 0.5) is 23.1 Å². The number of aryl methyl sites for hydroxylation is 1. The van der Waals surface area contributed by atoms with E-state index in [-0.39, 0.29) is 6.10 Å². The zero-order valence-electron chi connectivity index (χ0n) is 20.8. The first-order valence-corrected chi connectivity index (χ1v) is 12.8. The highest BCUT2D eigenvalue weighted by molar-refractivity contribution is 6.63. The lowest BCUT2D eigenvalue weighted by molar-refractivity contribution is 0.243. The van der Waals surface area contributed by atoms with Gasteiger partial charge in [-0.1, -0.05) is 23.7 Å². The number of halogens is 1. The van der Waals surface area contributed by atoms with Gasteiger partial charge in [0.2, 0.25) is 5.95 Å². The van der Waals surface area contributed by atoms with Gasteiger partial charge in [0.25, 0.3) is 0 Å². The van der Waals surface area contributed by atoms with Crippen molar-refractivity contribution in [1.29, 1.82) is 0 Å². The molecule has 1 aromatic heterocycles. The van der Waals surface area contributed by atoms with Crippen molar-refractivity contribution in [2.45, 2.75) is 52.2 Å². The van der Waals surface area contributed by atoms with Gasteiger partial charge in [-0.2, -0.15) is 4.98 Å². The van der Waals surface area contributed by atoms with Gasteiger partial charge in [0.15, 0.2) is 5.82 Å². The number of nitrogens with zero attached hydrogens (tertiary/aromatic N) is 2. The fourth-order valence-electron chi connectivity index (χ4n) is 4.88. The van der Waals surface area contributed by atoms with E-state index in [9.17, 15) is 5.02 Å². The minimum atomic E-state index is -0.987. The molecule has 188 valence electrons. The van der Waals surface area contributed by atoms with E-state index in [1.165, 1.54) is 11.1 Å². The zero-order valence-corrected chi connectivity index (χ0v) is 21.5. The maximum Gasteiger partial charge on any atom is 0.493 e. The average Bonchev–Trinajstić information content (AvgIpc) is 3.25. The van der Waals surface area contributed by atoms with Crippen molar-refractivity contribution in [1.82, 2.24) is 15.3 Å². The minimum absolute atomic E-state index is 0.0197. The van der Waals surface area contributed by atoms with Crippen molar-refractivity contribution in [3.8, 4) is 5.75 Å². The molecular weight excluding hydrogens is 477 g/mol. The number of benzene rings is 2. The molecule has 0 unspecified atom stereocenters. The number of anilines is 4. The first kappa shape index (κ1) is 24.8. The third-order valence-electron chi connectivity index (χ3n) is 6.59. The van der Waals surface area contributed by atoms with Crippen molar-refractivity contribution in [3.63, 3.8) is 0 Å². The van der Waals surface area contributed by atoms with E-state index in [4.69, 9.17) is 21.0 Å². The zero-order chi connectivity index (χ0) is 25.2. The molecule has 2 aliphatic heterocycles. The van der Waals surface area contributed by atoms with Crippen molar-refractivity contribution in [2.24, 2.45) is 0 Å². The van der Waals surface area contributed by atoms with Gasteiger partial charge >= 0.3 is 7.12 Å². The van der Waals surface area contributed by atoms with Gasteiger partial charge in [-0.25, -0.2) is 4.98 Å². The molecule has 1 fully saturated rings. The Labute approximate surface area is 216 Å². The second-order valence-corrected chi connectivity index (χ2v) is 9.98. The molecule has 3 heterocycles. The first-order chi connectivity index (χ1) is 17.4. The smallest absolute Gasteiger partial charge is 0.489 e. The van der Waals surface area contributed by atoms with E-state index in [0.29, 0.717) is 40.5 Å². The van der Waals surface area contributed by atoms with Gasteiger partial charge in [0.05, 0.1) is 24.6 Å². The summed E-state index contributed by atoms with van der Waals surface area (Å²) in [6, 6.07) is 9.96. The van der Waals surface area contributed by atoms with Gasteiger partial charge in [0.1, 0.15) is 10.8 Å². The lowest BCUT2D eigenvalue weighted by Crippen LogP contribution is -2.30. The minimum Gasteiger partial charge on any atom is -0.489 e. The highest BCUT2D eigenvalue weighted by Gasteiger charge is 2.30. The van der Waals surface area contributed by atoms with E-state index in [2.05, 4.69) is 45.0 Å². The molecule has 0 amide bonds. The summed E-state index contributed by atoms with van der Waals surface area (Å²) in [5, 5.41) is 20.6. The molecule has 2 aliphatic rings. The molecule has 0 aliphatic carbocycles. The van der Waals surface area contributed by atoms with Crippen LogP contribution in [0.2, 0.25) is 5.02 Å². The van der Waals surface area contributed by atoms with E-state index in [1.54, 1.807) is 6.20 Å². The molecule has 5 rings (SSSR count). The third-order valence-corrected chi connectivity index (χ3v) is 6.87. The number of piperidine rings is 1. The molecule has 0 radical (unpaired) electrons. The molecule has 36 heavy (non-hydrogen) atoms. The Morgan fingerprint density at radius 2 is 2.00 bits per heavy atom. The SMILES string of the molecule is Cc1cc(Nc2ncc(Cl)c(Nc3cccc4c3B(O)OC4)n2)c(OC(C)C)cc1C1CCNCC1. The van der Waals surface area contributed by atoms with Crippen molar-refractivity contribution in [3.05, 3.63) is 58.2 Å². The molecule has 10 heteroatoms. The van der Waals surface area contributed by atoms with Crippen LogP contribution in [-0.2, 0) is 11.3 Å². The first-order valence-electron chi connectivity index (χ1n) is 12.4. The number of hydrogen-bond donors (Lipinski definition) is 4. The second-order valence-electron chi connectivity index (χ2n) is 9.58. The summed E-state index contributed by atoms with van der Waals surface area (Å²) in [5.74, 6) is 2.10. The predicted octanol–water partition coefficient (Wildman–Crippen LogP) is 4.40. The number of fused-ring (bicyclic) bond motifs is 1. The fraction of sp³-hybridized carbons (Fsp3) is 0.385. The highest BCUT2D eigenvalue weighted by atomic mass is 35.5. The van der Waals surface area contributed by atoms with E-state index >= 15 is 0 Å². The number of hydrogen-bond acceptors (Lipinski definition) is 8. The van der Waals surface area contributed by atoms with Gasteiger partial charge in [-0.05, 0) is 87.5 Å². The van der Waals surface area contributed by atoms with E-state index < -0.39 is 7.12 Å². The van der Waals surface area contributed by atoms with E-state index in [0.717, 1.165) is 42.9 Å². The van der Waals surface area contributed by atoms with Crippen LogP contribution in [0.15, 0.2) is 36.5 Å². The molecule has 8 nitrogen and oxygen atoms in total. The number of nitrogens with one attached hydrogen (secondary N) is 3. The Morgan fingerprint density at radius 3 is 2.78 bits per heavy atom. The summed E-state index contributed by atoms with van der Waals surface area (Å²) in [5.41, 5.74) is 5.65. The number of ether oxygens (including phenoxy) is 1. The predicted molar refractivity (Wildman–Crippen MR) is 144 cm³/mol. The Kier molecular flexibility index (Phi) is 7.34. The number of aromatic nitrogens is 2. The molecule has 4 N–H and O–H groups in total. The lowest BCUT2D eigenvalue weighted by atomic mass is 9.78. The lowest BCUT2D eigenvalue weighted by Gasteiger charge is -2.26. The van der Waals surface area contributed by atoms with Crippen LogP contribution in [0.3, 0.4) is 0 Å². The van der Waals surface area contributed by atoms with Crippen molar-refractivity contribution in [2.75, 3.05) is 23.7 Å². The van der Waals surface area contributed by atoms with Crippen LogP contribution in [0.25, 0.3) is 0 Å². The quantitative estimate of drug-likeness (QED) is 0.349. The summed E-state index contributed by atoms with van der Waals surface area (Å²) < 4.78 is 11.6. The van der Waals surface area contributed by atoms with Gasteiger partial charge in [0, 0.05) is 11.2 Å². The summed E-state index contributed by atoms with van der Waals surface area (Å²) >= 11 is 6.43. The van der Waals surface area contributed by atoms with Crippen LogP contribution in [0, 0.1) is 6.92 Å². The summed E-state index contributed by atoms with van der Waals surface area (Å²) in [7, 11) is -0.987. The molecular formula is C26H31BClN5O3. The Hall–Kier alpha value is -2.85. The fourth-order valence-corrected chi connectivity index (χ4v) is 5.02. The maximum atomic E-state index is 10.2. The van der Waals surface area contributed by atoms with Crippen LogP contribution in [-0.4, -0.2) is 41.3 Å². The average molecular weight is 508 g/mol. The van der Waals surface area contributed by atoms with Crippen LogP contribution >= 0.6 is 11.6 Å². The standard InChI is InChI=1S/C26H31BClN5O3/c1-15(2)36-23-12-19(17-7-9-29-10-8-17)16(3)11-22(23)32-26-30-13-20(28)25(33-26)31-21-6-4-5-18-14-35-27(34)24(18)21/h4-6,11-13,15,17,29,34H,7-10,14H2,1-3H3,(H2,30,31,32,33). The molecule has 0 saturated carbocycles. The van der Waals surface area contributed by atoms with Gasteiger partial charge < -0.3 is 30.4 Å². The maximum absolute atomic E-state index is 10.2. The summed E-state index contributed by atoms with van der Waals surface area (Å²) in [6.45, 7) is 8.61. The summed E-state index contributed by atoms with van der Waals surface area (Å²) in [6.07, 6.45) is 3.81. The molecule has 0 spiro atoms. The molecule has 1 saturated heterocycles. The Balaban J connectivity index is 1.44. The monoisotopic (exact) mass is 507 g/mol. The second kappa shape index (κ2) is 10.6. The van der Waals surface area contributed by atoms with Crippen molar-refractivity contribution < 1.29 is 14.4 Å². The Morgan fingerprint density at radius 1 is 1.19 bits per heavy atom. The van der Waals surface area contributed by atoms with E-state index in [1.807, 2.05) is 32.0 Å². The Bertz CT molecular complexity index is 1250.